The molecule has 3 aromatic carbocycles. The van der Waals surface area contributed by atoms with Gasteiger partial charge in [-0.15, -0.1) is 11.8 Å². The van der Waals surface area contributed by atoms with Crippen molar-refractivity contribution in [2.24, 2.45) is 11.8 Å². The van der Waals surface area contributed by atoms with Gasteiger partial charge in [0.25, 0.3) is 17.1 Å². The van der Waals surface area contributed by atoms with Gasteiger partial charge < -0.3 is 39.2 Å². The average molecular weight is 879 g/mol. The van der Waals surface area contributed by atoms with Gasteiger partial charge >= 0.3 is 18.2 Å². The second-order valence-corrected chi connectivity index (χ2v) is 16.1. The number of fused-ring (bicyclic) bond motifs is 1. The minimum Gasteiger partial charge on any atom is -0.456 e. The number of alkyl carbamates (subject to hydrolysis) is 1. The molecular formula is C40H42N6O15S. The molecule has 0 radical (unpaired) electrons. The molecule has 2 N–H and O–H groups in total. The van der Waals surface area contributed by atoms with Gasteiger partial charge in [0.15, 0.2) is 0 Å². The van der Waals surface area contributed by atoms with E-state index in [2.05, 4.69) is 5.32 Å². The normalized spacial score (nSPS) is 20.8. The number of carbonyl (C=O) groups excluding carboxylic acids is 4. The van der Waals surface area contributed by atoms with Crippen LogP contribution in [0.3, 0.4) is 0 Å². The summed E-state index contributed by atoms with van der Waals surface area (Å²) in [6, 6.07) is 15.5. The Balaban J connectivity index is 1.12. The van der Waals surface area contributed by atoms with Gasteiger partial charge in [0.05, 0.1) is 52.1 Å². The van der Waals surface area contributed by atoms with Gasteiger partial charge in [0.2, 0.25) is 5.91 Å². The summed E-state index contributed by atoms with van der Waals surface area (Å²) >= 11 is 1.30. The Hall–Kier alpha value is -6.65. The van der Waals surface area contributed by atoms with Crippen LogP contribution in [-0.2, 0) is 48.4 Å². The molecule has 3 aliphatic heterocycles. The Kier molecular flexibility index (Phi) is 14.3. The molecular weight excluding hydrogens is 837 g/mol. The Bertz CT molecular complexity index is 2220. The lowest BCUT2D eigenvalue weighted by atomic mass is 9.79. The first-order valence-corrected chi connectivity index (χ1v) is 20.2. The van der Waals surface area contributed by atoms with E-state index in [9.17, 15) is 54.6 Å². The van der Waals surface area contributed by atoms with Crippen molar-refractivity contribution in [3.8, 4) is 0 Å². The zero-order valence-electron chi connectivity index (χ0n) is 33.4. The molecule has 3 aromatic rings. The molecule has 0 saturated carbocycles. The molecule has 0 unspecified atom stereocenters. The molecule has 0 aliphatic carbocycles. The monoisotopic (exact) mass is 878 g/mol. The molecule has 22 heteroatoms. The van der Waals surface area contributed by atoms with Crippen LogP contribution in [0.1, 0.15) is 37.0 Å². The summed E-state index contributed by atoms with van der Waals surface area (Å²) in [7, 11) is 0. The van der Waals surface area contributed by atoms with Crippen molar-refractivity contribution in [3.05, 3.63) is 130 Å². The van der Waals surface area contributed by atoms with Crippen molar-refractivity contribution in [2.45, 2.75) is 63.5 Å². The van der Waals surface area contributed by atoms with Crippen LogP contribution < -0.4 is 5.32 Å². The van der Waals surface area contributed by atoms with Crippen LogP contribution >= 0.6 is 11.8 Å². The highest BCUT2D eigenvalue weighted by atomic mass is 32.2. The van der Waals surface area contributed by atoms with Crippen molar-refractivity contribution < 1.29 is 58.0 Å². The molecule has 2 fully saturated rings. The molecule has 6 atom stereocenters. The van der Waals surface area contributed by atoms with E-state index in [1.165, 1.54) is 101 Å². The largest absolute Gasteiger partial charge is 0.456 e. The van der Waals surface area contributed by atoms with Gasteiger partial charge in [-0.2, -0.15) is 0 Å². The van der Waals surface area contributed by atoms with E-state index in [1.807, 2.05) is 6.92 Å². The summed E-state index contributed by atoms with van der Waals surface area (Å²) in [6.45, 7) is 3.02. The highest BCUT2D eigenvalue weighted by Gasteiger charge is 2.60. The molecule has 21 nitrogen and oxygen atoms in total. The second kappa shape index (κ2) is 19.8. The molecule has 62 heavy (non-hydrogen) atoms. The maximum absolute atomic E-state index is 13.8. The van der Waals surface area contributed by atoms with Crippen LogP contribution in [0, 0.1) is 42.2 Å². The highest BCUT2D eigenvalue weighted by Crippen LogP contribution is 2.52. The summed E-state index contributed by atoms with van der Waals surface area (Å²) in [4.78, 5) is 87.8. The molecule has 3 heterocycles. The Morgan fingerprint density at radius 3 is 1.82 bits per heavy atom. The number of non-ortho nitro benzene ring substituents is 3. The van der Waals surface area contributed by atoms with Crippen LogP contribution in [0.15, 0.2) is 83.4 Å². The molecule has 6 rings (SSSR count). The average Bonchev–Trinajstić information content (AvgIpc) is 3.76. The maximum atomic E-state index is 13.8. The third-order valence-corrected chi connectivity index (χ3v) is 12.1. The van der Waals surface area contributed by atoms with E-state index >= 15 is 0 Å². The van der Waals surface area contributed by atoms with Crippen LogP contribution in [-0.4, -0.2) is 103 Å². The summed E-state index contributed by atoms with van der Waals surface area (Å²) in [6.07, 6.45) is -2.09. The lowest BCUT2D eigenvalue weighted by Gasteiger charge is -2.46. The number of aliphatic hydroxyl groups is 1. The molecule has 2 saturated heterocycles. The predicted octanol–water partition coefficient (Wildman–Crippen LogP) is 4.98. The summed E-state index contributed by atoms with van der Waals surface area (Å²) in [5.41, 5.74) is 1.20. The van der Waals surface area contributed by atoms with Gasteiger partial charge in [-0.05, 0) is 66.4 Å². The molecule has 0 bridgehead atoms. The predicted molar refractivity (Wildman–Crippen MR) is 217 cm³/mol. The number of carbonyl (C=O) groups is 4. The third-order valence-electron chi connectivity index (χ3n) is 10.6. The quantitative estimate of drug-likeness (QED) is 0.0426. The van der Waals surface area contributed by atoms with Gasteiger partial charge in [-0.25, -0.2) is 14.4 Å². The van der Waals surface area contributed by atoms with Crippen molar-refractivity contribution >= 4 is 52.9 Å². The van der Waals surface area contributed by atoms with Crippen LogP contribution in [0.2, 0.25) is 0 Å². The number of hydrogen-bond donors (Lipinski definition) is 2. The number of esters is 1. The number of benzene rings is 3. The van der Waals surface area contributed by atoms with Crippen LogP contribution in [0.5, 0.6) is 0 Å². The first-order chi connectivity index (χ1) is 29.6. The summed E-state index contributed by atoms with van der Waals surface area (Å²) in [5, 5.41) is 45.7. The fourth-order valence-electron chi connectivity index (χ4n) is 7.42. The molecule has 328 valence electrons. The van der Waals surface area contributed by atoms with E-state index < -0.39 is 68.9 Å². The minimum atomic E-state index is -0.992. The van der Waals surface area contributed by atoms with Gasteiger partial charge in [0.1, 0.15) is 25.5 Å². The number of rotatable bonds is 18. The number of nitrogens with one attached hydrogen (secondary N) is 1. The zero-order valence-corrected chi connectivity index (χ0v) is 34.2. The number of thioether (sulfide) groups is 1. The number of nitro groups is 3. The van der Waals surface area contributed by atoms with Gasteiger partial charge in [0, 0.05) is 65.6 Å². The fourth-order valence-corrected chi connectivity index (χ4v) is 8.98. The van der Waals surface area contributed by atoms with Crippen molar-refractivity contribution in [2.75, 3.05) is 26.3 Å². The lowest BCUT2D eigenvalue weighted by Crippen LogP contribution is -2.63. The minimum absolute atomic E-state index is 0.0132. The van der Waals surface area contributed by atoms with Crippen LogP contribution in [0.4, 0.5) is 26.7 Å². The standard InChI is InChI=1S/C40H42N6O15S/c1-23-34-33(24(2)47)37(48)43(34)35(38(49)59-19-25-3-9-28(10-4-25)44(52)53)36(23)62-32-17-31(42(18-32)40(51)61-21-27-7-13-30(14-8-27)46(56)57)22-58-16-15-41-39(50)60-20-26-5-11-29(12-6-26)45(54)55/h3-14,23-24,31-34,47H,15-22H2,1-2H3,(H,41,50)/t23-,24-,31+,32+,33-,34-/m1/s1. The number of amides is 3. The van der Waals surface area contributed by atoms with Crippen LogP contribution in [0.25, 0.3) is 0 Å². The number of nitrogens with zero attached hydrogens (tertiary/aromatic N) is 5. The molecule has 0 aromatic heterocycles. The topological polar surface area (TPSA) is 273 Å². The highest BCUT2D eigenvalue weighted by molar-refractivity contribution is 8.03. The first kappa shape index (κ1) is 44.9. The number of aliphatic hydroxyl groups excluding tert-OH is 1. The van der Waals surface area contributed by atoms with E-state index in [0.29, 0.717) is 28.0 Å². The number of nitro benzene ring substituents is 3. The molecule has 3 amide bonds. The van der Waals surface area contributed by atoms with E-state index in [4.69, 9.17) is 18.9 Å². The van der Waals surface area contributed by atoms with E-state index in [1.54, 1.807) is 0 Å². The Morgan fingerprint density at radius 2 is 1.32 bits per heavy atom. The fraction of sp³-hybridized carbons (Fsp3) is 0.400. The van der Waals surface area contributed by atoms with Crippen molar-refractivity contribution in [3.63, 3.8) is 0 Å². The number of ether oxygens (including phenoxy) is 4. The zero-order chi connectivity index (χ0) is 44.7. The molecule has 0 spiro atoms. The Morgan fingerprint density at radius 1 is 0.823 bits per heavy atom. The second-order valence-electron chi connectivity index (χ2n) is 14.7. The van der Waals surface area contributed by atoms with Crippen molar-refractivity contribution in [1.29, 1.82) is 0 Å². The lowest BCUT2D eigenvalue weighted by molar-refractivity contribution is -0.385. The SMILES string of the molecule is C[C@@H](O)[C@H]1C(=O)N2C(C(=O)OCc3ccc([N+](=O)[O-])cc3)=C(S[C@H]3C[C@@H](COCCNC(=O)OCc4ccc([N+](=O)[O-])cc4)N(C(=O)OCc4ccc([N+](=O)[O-])cc4)C3)[C@H](C)[C@H]12. The Labute approximate surface area is 357 Å². The smallest absolute Gasteiger partial charge is 0.410 e. The maximum Gasteiger partial charge on any atom is 0.410 e. The van der Waals surface area contributed by atoms with Gasteiger partial charge in [-0.1, -0.05) is 6.92 Å². The van der Waals surface area contributed by atoms with E-state index in [-0.39, 0.29) is 74.1 Å². The number of hydrogen-bond acceptors (Lipinski definition) is 16. The summed E-state index contributed by atoms with van der Waals surface area (Å²) in [5.74, 6) is -2.39. The first-order valence-electron chi connectivity index (χ1n) is 19.3. The summed E-state index contributed by atoms with van der Waals surface area (Å²) < 4.78 is 22.3. The van der Waals surface area contributed by atoms with Crippen molar-refractivity contribution in [1.82, 2.24) is 15.1 Å². The number of likely N-dealkylation sites (tertiary alicyclic amines) is 1. The molecule has 3 aliphatic rings. The number of β-lactam (4-membered cyclic amide) rings is 1. The van der Waals surface area contributed by atoms with Gasteiger partial charge in [-0.3, -0.25) is 35.1 Å². The third kappa shape index (κ3) is 10.4. The van der Waals surface area contributed by atoms with E-state index in [0.717, 1.165) is 0 Å².